The summed E-state index contributed by atoms with van der Waals surface area (Å²) in [6, 6.07) is 2.22. The highest BCUT2D eigenvalue weighted by atomic mass is 32.1. The van der Waals surface area contributed by atoms with Gasteiger partial charge in [-0.2, -0.15) is 0 Å². The molecule has 1 aromatic carbocycles. The first kappa shape index (κ1) is 16.4. The Balaban J connectivity index is 2.21. The maximum atomic E-state index is 14.2. The fraction of sp³-hybridized carbons (Fsp3) is 0.429. The highest BCUT2D eigenvalue weighted by Gasteiger charge is 2.32. The number of hydrogen-bond acceptors (Lipinski definition) is 4. The van der Waals surface area contributed by atoms with E-state index < -0.39 is 17.9 Å². The molecular weight excluding hydrogens is 309 g/mol. The predicted molar refractivity (Wildman–Crippen MR) is 79.6 cm³/mol. The number of benzene rings is 1. The molecule has 1 aliphatic rings. The van der Waals surface area contributed by atoms with Crippen LogP contribution in [0.2, 0.25) is 0 Å². The SMILES string of the molecule is Cc1cc(CNC[S+]=O)c(F)cc1C(C)N1CC(=O)NC1=O. The molecule has 1 unspecified atom stereocenters. The number of hydrogen-bond donors (Lipinski definition) is 2. The van der Waals surface area contributed by atoms with Crippen molar-refractivity contribution in [2.24, 2.45) is 0 Å². The molecule has 0 spiro atoms. The first-order valence-electron chi connectivity index (χ1n) is 6.79. The topological polar surface area (TPSA) is 78.5 Å². The number of carbonyl (C=O) groups excluding carboxylic acids is 2. The zero-order valence-corrected chi connectivity index (χ0v) is 13.1. The van der Waals surface area contributed by atoms with Gasteiger partial charge in [0, 0.05) is 16.3 Å². The number of nitrogens with zero attached hydrogens (tertiary/aromatic N) is 1. The van der Waals surface area contributed by atoms with Crippen LogP contribution in [0.25, 0.3) is 0 Å². The Labute approximate surface area is 131 Å². The molecule has 2 rings (SSSR count). The van der Waals surface area contributed by atoms with Crippen LogP contribution in [0.5, 0.6) is 0 Å². The summed E-state index contributed by atoms with van der Waals surface area (Å²) in [5, 5.41) is 5.04. The normalized spacial score (nSPS) is 15.9. The highest BCUT2D eigenvalue weighted by Crippen LogP contribution is 2.27. The van der Waals surface area contributed by atoms with Gasteiger partial charge in [-0.1, -0.05) is 6.07 Å². The quantitative estimate of drug-likeness (QED) is 0.357. The van der Waals surface area contributed by atoms with Crippen LogP contribution < -0.4 is 10.6 Å². The van der Waals surface area contributed by atoms with Gasteiger partial charge in [0.1, 0.15) is 12.4 Å². The summed E-state index contributed by atoms with van der Waals surface area (Å²) in [6.45, 7) is 3.82. The Bertz CT molecular complexity index is 624. The molecule has 22 heavy (non-hydrogen) atoms. The van der Waals surface area contributed by atoms with Gasteiger partial charge in [0.15, 0.2) is 0 Å². The number of urea groups is 1. The van der Waals surface area contributed by atoms with Crippen LogP contribution in [-0.2, 0) is 27.2 Å². The van der Waals surface area contributed by atoms with E-state index in [1.165, 1.54) is 11.0 Å². The summed E-state index contributed by atoms with van der Waals surface area (Å²) < 4.78 is 24.5. The van der Waals surface area contributed by atoms with Gasteiger partial charge in [0.2, 0.25) is 5.91 Å². The number of imide groups is 1. The van der Waals surface area contributed by atoms with E-state index in [-0.39, 0.29) is 24.9 Å². The Hall–Kier alpha value is -1.93. The van der Waals surface area contributed by atoms with Gasteiger partial charge in [-0.3, -0.25) is 15.4 Å². The molecule has 1 atom stereocenters. The number of halogens is 1. The van der Waals surface area contributed by atoms with E-state index in [0.717, 1.165) is 5.56 Å². The van der Waals surface area contributed by atoms with Crippen LogP contribution in [0.15, 0.2) is 12.1 Å². The van der Waals surface area contributed by atoms with E-state index in [1.807, 2.05) is 6.92 Å². The minimum absolute atomic E-state index is 0.0227. The lowest BCUT2D eigenvalue weighted by atomic mass is 9.98. The molecule has 1 fully saturated rings. The van der Waals surface area contributed by atoms with Crippen molar-refractivity contribution < 1.29 is 18.2 Å². The lowest BCUT2D eigenvalue weighted by Crippen LogP contribution is -2.31. The zero-order valence-electron chi connectivity index (χ0n) is 12.3. The van der Waals surface area contributed by atoms with Crippen LogP contribution in [0.3, 0.4) is 0 Å². The van der Waals surface area contributed by atoms with Crippen LogP contribution >= 0.6 is 0 Å². The smallest absolute Gasteiger partial charge is 0.308 e. The van der Waals surface area contributed by atoms with E-state index in [2.05, 4.69) is 10.6 Å². The van der Waals surface area contributed by atoms with Crippen molar-refractivity contribution in [3.63, 3.8) is 0 Å². The van der Waals surface area contributed by atoms with Gasteiger partial charge in [-0.25, -0.2) is 9.18 Å². The second-order valence-electron chi connectivity index (χ2n) is 5.15. The third-order valence-electron chi connectivity index (χ3n) is 3.65. The van der Waals surface area contributed by atoms with Crippen LogP contribution in [0.4, 0.5) is 9.18 Å². The van der Waals surface area contributed by atoms with Crippen molar-refractivity contribution in [1.82, 2.24) is 15.5 Å². The highest BCUT2D eigenvalue weighted by molar-refractivity contribution is 7.65. The van der Waals surface area contributed by atoms with Crippen molar-refractivity contribution in [3.05, 3.63) is 34.6 Å². The van der Waals surface area contributed by atoms with E-state index in [0.29, 0.717) is 22.8 Å². The second kappa shape index (κ2) is 6.89. The van der Waals surface area contributed by atoms with Gasteiger partial charge >= 0.3 is 17.7 Å². The average Bonchev–Trinajstić information content (AvgIpc) is 2.80. The minimum Gasteiger partial charge on any atom is -0.308 e. The fourth-order valence-electron chi connectivity index (χ4n) is 2.51. The van der Waals surface area contributed by atoms with Gasteiger partial charge in [-0.05, 0) is 31.0 Å². The zero-order chi connectivity index (χ0) is 16.3. The lowest BCUT2D eigenvalue weighted by molar-refractivity contribution is -0.118. The van der Waals surface area contributed by atoms with Crippen LogP contribution in [0, 0.1) is 12.7 Å². The molecule has 1 aliphatic heterocycles. The monoisotopic (exact) mass is 326 g/mol. The summed E-state index contributed by atoms with van der Waals surface area (Å²) in [7, 11) is 0. The molecule has 0 aliphatic carbocycles. The molecule has 1 heterocycles. The van der Waals surface area contributed by atoms with E-state index >= 15 is 0 Å². The minimum atomic E-state index is -0.462. The standard InChI is InChI=1S/C14H16FN3O3S/c1-8-3-10(5-16-7-22-21)12(15)4-11(8)9(2)18-6-13(19)17-14(18)20/h3-4,9,16H,5-7H2,1-2H3/p+1. The van der Waals surface area contributed by atoms with Gasteiger partial charge in [-0.15, -0.1) is 0 Å². The maximum Gasteiger partial charge on any atom is 0.475 e. The molecule has 0 saturated carbocycles. The van der Waals surface area contributed by atoms with Gasteiger partial charge in [0.25, 0.3) is 5.88 Å². The summed E-state index contributed by atoms with van der Waals surface area (Å²) >= 11 is 0.390. The number of amides is 3. The lowest BCUT2D eigenvalue weighted by Gasteiger charge is -2.24. The molecule has 2 N–H and O–H groups in total. The predicted octanol–water partition coefficient (Wildman–Crippen LogP) is 1.22. The Kier molecular flexibility index (Phi) is 5.15. The largest absolute Gasteiger partial charge is 0.475 e. The maximum absolute atomic E-state index is 14.2. The molecule has 6 nitrogen and oxygen atoms in total. The van der Waals surface area contributed by atoms with Crippen molar-refractivity contribution >= 4 is 23.6 Å². The van der Waals surface area contributed by atoms with E-state index in [9.17, 15) is 18.2 Å². The van der Waals surface area contributed by atoms with Gasteiger partial charge < -0.3 is 4.90 Å². The molecule has 118 valence electrons. The molecule has 3 amide bonds. The van der Waals surface area contributed by atoms with Crippen molar-refractivity contribution in [1.29, 1.82) is 0 Å². The number of nitrogens with one attached hydrogen (secondary N) is 2. The Morgan fingerprint density at radius 2 is 2.18 bits per heavy atom. The number of aryl methyl sites for hydroxylation is 1. The first-order valence-corrected chi connectivity index (χ1v) is 7.70. The molecule has 8 heteroatoms. The van der Waals surface area contributed by atoms with Crippen molar-refractivity contribution in [2.75, 3.05) is 12.4 Å². The number of carbonyl (C=O) groups is 2. The third-order valence-corrected chi connectivity index (χ3v) is 3.97. The second-order valence-corrected chi connectivity index (χ2v) is 5.67. The molecule has 1 saturated heterocycles. The van der Waals surface area contributed by atoms with Crippen LogP contribution in [0.1, 0.15) is 29.7 Å². The van der Waals surface area contributed by atoms with Crippen molar-refractivity contribution in [2.45, 2.75) is 26.4 Å². The van der Waals surface area contributed by atoms with E-state index in [1.54, 1.807) is 13.0 Å². The number of rotatable bonds is 6. The van der Waals surface area contributed by atoms with Crippen LogP contribution in [-0.4, -0.2) is 29.3 Å². The van der Waals surface area contributed by atoms with Crippen molar-refractivity contribution in [3.8, 4) is 0 Å². The molecule has 0 radical (unpaired) electrons. The molecule has 0 bridgehead atoms. The Morgan fingerprint density at radius 3 is 2.77 bits per heavy atom. The summed E-state index contributed by atoms with van der Waals surface area (Å²) in [6.07, 6.45) is 0. The average molecular weight is 326 g/mol. The van der Waals surface area contributed by atoms with E-state index in [4.69, 9.17) is 0 Å². The molecule has 0 aromatic heterocycles. The molecular formula is C14H17FN3O3S+. The first-order chi connectivity index (χ1) is 10.4. The summed E-state index contributed by atoms with van der Waals surface area (Å²) in [4.78, 5) is 24.3. The Morgan fingerprint density at radius 1 is 1.45 bits per heavy atom. The third kappa shape index (κ3) is 3.45. The fourth-order valence-corrected chi connectivity index (χ4v) is 2.69. The summed E-state index contributed by atoms with van der Waals surface area (Å²) in [5.74, 6) is -0.556. The van der Waals surface area contributed by atoms with Gasteiger partial charge in [0.05, 0.1) is 6.04 Å². The molecule has 1 aromatic rings. The summed E-state index contributed by atoms with van der Waals surface area (Å²) in [5.41, 5.74) is 1.95.